The summed E-state index contributed by atoms with van der Waals surface area (Å²) in [6.07, 6.45) is 5.38. The van der Waals surface area contributed by atoms with E-state index in [4.69, 9.17) is 4.98 Å². The van der Waals surface area contributed by atoms with Crippen molar-refractivity contribution in [2.75, 3.05) is 23.7 Å². The number of carbonyl (C=O) groups excluding carboxylic acids is 1. The zero-order valence-electron chi connectivity index (χ0n) is 16.1. The van der Waals surface area contributed by atoms with Gasteiger partial charge in [-0.05, 0) is 31.7 Å². The number of carbonyl (C=O) groups is 1. The van der Waals surface area contributed by atoms with Crippen molar-refractivity contribution in [3.05, 3.63) is 55.2 Å². The van der Waals surface area contributed by atoms with Crippen molar-refractivity contribution >= 4 is 23.4 Å². The normalized spacial score (nSPS) is 23.1. The summed E-state index contributed by atoms with van der Waals surface area (Å²) in [5, 5.41) is 4.20. The van der Waals surface area contributed by atoms with E-state index in [9.17, 15) is 4.79 Å². The number of nitrogens with one attached hydrogen (secondary N) is 1. The first-order valence-corrected chi connectivity index (χ1v) is 10.2. The zero-order chi connectivity index (χ0) is 17.6. The molecule has 1 amide bonds. The second-order valence-corrected chi connectivity index (χ2v) is 8.43. The average molecular weight is 619 g/mol. The van der Waals surface area contributed by atoms with E-state index in [0.717, 1.165) is 46.7 Å². The fourth-order valence-corrected chi connectivity index (χ4v) is 4.91. The molecular weight excluding hydrogens is 594 g/mol. The second kappa shape index (κ2) is 8.87. The summed E-state index contributed by atoms with van der Waals surface area (Å²) in [4.78, 5) is 24.9. The number of rotatable bonds is 4. The molecule has 1 saturated carbocycles. The van der Waals surface area contributed by atoms with Crippen LogP contribution in [-0.2, 0) is 16.8 Å². The van der Waals surface area contributed by atoms with Crippen molar-refractivity contribution in [1.82, 2.24) is 15.3 Å². The minimum atomic E-state index is -0.565. The van der Waals surface area contributed by atoms with E-state index in [2.05, 4.69) is 16.4 Å². The van der Waals surface area contributed by atoms with Gasteiger partial charge in [-0.25, -0.2) is 9.97 Å². The van der Waals surface area contributed by atoms with Gasteiger partial charge in [0.15, 0.2) is 5.16 Å². The first kappa shape index (κ1) is 21.8. The molecule has 1 unspecified atom stereocenters. The summed E-state index contributed by atoms with van der Waals surface area (Å²) < 4.78 is 0. The molecule has 3 aliphatic rings. The molecule has 1 saturated heterocycles. The molecule has 0 radical (unpaired) electrons. The van der Waals surface area contributed by atoms with E-state index in [1.807, 2.05) is 35.4 Å². The number of anilines is 1. The number of hydrogen-bond acceptors (Lipinski definition) is 5. The quantitative estimate of drug-likeness (QED) is 0.325. The molecule has 1 aliphatic carbocycles. The van der Waals surface area contributed by atoms with Gasteiger partial charge in [0.05, 0.1) is 12.2 Å². The predicted molar refractivity (Wildman–Crippen MR) is 108 cm³/mol. The van der Waals surface area contributed by atoms with E-state index in [-0.39, 0.29) is 44.4 Å². The summed E-state index contributed by atoms with van der Waals surface area (Å²) in [6, 6.07) is 10.6. The van der Waals surface area contributed by atoms with Crippen molar-refractivity contribution in [2.45, 2.75) is 36.4 Å². The number of nitrogens with zero attached hydrogens (tertiary/aromatic N) is 3. The SMILES string of the molecule is O=C1N(c2cc[c-]cc2)Cc2cnc(SCC3CC3)nc2C12CCNC2.[CH3-].[U+2]. The molecule has 5 rings (SSSR count). The summed E-state index contributed by atoms with van der Waals surface area (Å²) in [7, 11) is 0. The van der Waals surface area contributed by atoms with Gasteiger partial charge in [-0.1, -0.05) is 17.4 Å². The first-order chi connectivity index (χ1) is 12.8. The van der Waals surface area contributed by atoms with Crippen molar-refractivity contribution in [1.29, 1.82) is 0 Å². The molecule has 2 aliphatic heterocycles. The van der Waals surface area contributed by atoms with E-state index in [1.54, 1.807) is 11.8 Å². The summed E-state index contributed by atoms with van der Waals surface area (Å²) in [6.45, 7) is 2.03. The summed E-state index contributed by atoms with van der Waals surface area (Å²) in [5.41, 5.74) is 2.36. The van der Waals surface area contributed by atoms with Crippen LogP contribution in [0.2, 0.25) is 0 Å². The number of amides is 1. The van der Waals surface area contributed by atoms with Crippen molar-refractivity contribution in [3.63, 3.8) is 0 Å². The van der Waals surface area contributed by atoms with Gasteiger partial charge in [0, 0.05) is 24.1 Å². The topological polar surface area (TPSA) is 58.1 Å². The number of fused-ring (bicyclic) bond motifs is 2. The third-order valence-corrected chi connectivity index (χ3v) is 6.68. The average Bonchev–Trinajstić information content (AvgIpc) is 3.39. The molecular formula is C21H24N4OSU. The molecule has 1 spiro atoms. The Labute approximate surface area is 194 Å². The molecule has 28 heavy (non-hydrogen) atoms. The van der Waals surface area contributed by atoms with Crippen LogP contribution >= 0.6 is 11.8 Å². The first-order valence-electron chi connectivity index (χ1n) is 9.24. The Hall–Kier alpha value is -0.868. The molecule has 1 aromatic carbocycles. The molecule has 3 heterocycles. The molecule has 2 fully saturated rings. The second-order valence-electron chi connectivity index (χ2n) is 7.44. The van der Waals surface area contributed by atoms with Gasteiger partial charge in [0.25, 0.3) is 0 Å². The van der Waals surface area contributed by atoms with Gasteiger partial charge in [-0.3, -0.25) is 4.79 Å². The maximum atomic E-state index is 13.5. The minimum Gasteiger partial charge on any atom is -0.358 e. The summed E-state index contributed by atoms with van der Waals surface area (Å²) in [5.74, 6) is 2.07. The Morgan fingerprint density at radius 3 is 2.79 bits per heavy atom. The van der Waals surface area contributed by atoms with Gasteiger partial charge in [0.2, 0.25) is 5.91 Å². The molecule has 0 bridgehead atoms. The van der Waals surface area contributed by atoms with Crippen LogP contribution in [0.3, 0.4) is 0 Å². The fraction of sp³-hybridized carbons (Fsp3) is 0.429. The molecule has 144 valence electrons. The molecule has 1 atom stereocenters. The Balaban J connectivity index is 0.00000112. The van der Waals surface area contributed by atoms with Crippen LogP contribution in [0.15, 0.2) is 35.6 Å². The molecule has 5 nitrogen and oxygen atoms in total. The third kappa shape index (κ3) is 3.92. The number of aromatic nitrogens is 2. The van der Waals surface area contributed by atoms with Gasteiger partial charge < -0.3 is 17.6 Å². The molecule has 1 N–H and O–H groups in total. The minimum absolute atomic E-state index is 0. The number of hydrogen-bond donors (Lipinski definition) is 1. The van der Waals surface area contributed by atoms with Crippen molar-refractivity contribution in [2.24, 2.45) is 5.92 Å². The Bertz CT molecular complexity index is 838. The van der Waals surface area contributed by atoms with Crippen molar-refractivity contribution < 1.29 is 35.9 Å². The maximum absolute atomic E-state index is 13.5. The van der Waals surface area contributed by atoms with E-state index >= 15 is 0 Å². The fourth-order valence-electron chi connectivity index (χ4n) is 3.91. The van der Waals surface area contributed by atoms with E-state index in [1.165, 1.54) is 12.8 Å². The van der Waals surface area contributed by atoms with Crippen LogP contribution in [0.25, 0.3) is 0 Å². The van der Waals surface area contributed by atoms with Gasteiger partial charge in [-0.2, -0.15) is 18.2 Å². The van der Waals surface area contributed by atoms with Gasteiger partial charge in [-0.15, -0.1) is 12.1 Å². The van der Waals surface area contributed by atoms with Crippen LogP contribution < -0.4 is 10.2 Å². The predicted octanol–water partition coefficient (Wildman–Crippen LogP) is 3.01. The maximum Gasteiger partial charge on any atom is 2.00 e. The van der Waals surface area contributed by atoms with Crippen LogP contribution in [-0.4, -0.2) is 34.7 Å². The van der Waals surface area contributed by atoms with E-state index < -0.39 is 5.41 Å². The monoisotopic (exact) mass is 618 g/mol. The van der Waals surface area contributed by atoms with Crippen LogP contribution in [0.1, 0.15) is 30.5 Å². The standard InChI is InChI=1S/C20H21N4OS.CH3.U/c25-18-20(8-9-21-13-20)17-15(11-24(18)16-4-2-1-3-5-16)10-22-19(23-17)26-12-14-6-7-14;;/h2-5,10,14,21H,6-9,11-13H2;1H3;/q2*-1;+2. The number of benzene rings is 1. The third-order valence-electron chi connectivity index (χ3n) is 5.59. The Kier molecular flexibility index (Phi) is 6.92. The van der Waals surface area contributed by atoms with E-state index in [0.29, 0.717) is 13.1 Å². The van der Waals surface area contributed by atoms with Gasteiger partial charge >= 0.3 is 31.1 Å². The van der Waals surface area contributed by atoms with Gasteiger partial charge in [0.1, 0.15) is 5.41 Å². The largest absolute Gasteiger partial charge is 2.00 e. The Morgan fingerprint density at radius 1 is 1.32 bits per heavy atom. The molecule has 1 aromatic heterocycles. The molecule has 2 aromatic rings. The van der Waals surface area contributed by atoms with Crippen LogP contribution in [0.4, 0.5) is 5.69 Å². The van der Waals surface area contributed by atoms with Crippen LogP contribution in [0, 0.1) is 50.5 Å². The number of thioether (sulfide) groups is 1. The smallest absolute Gasteiger partial charge is 0.358 e. The summed E-state index contributed by atoms with van der Waals surface area (Å²) >= 11 is 1.73. The zero-order valence-corrected chi connectivity index (χ0v) is 21.1. The van der Waals surface area contributed by atoms with Crippen molar-refractivity contribution in [3.8, 4) is 0 Å². The Morgan fingerprint density at radius 2 is 2.11 bits per heavy atom. The molecule has 7 heteroatoms. The van der Waals surface area contributed by atoms with Crippen LogP contribution in [0.5, 0.6) is 0 Å².